The molecule has 0 amide bonds. The summed E-state index contributed by atoms with van der Waals surface area (Å²) in [5, 5.41) is 10.9. The molecule has 0 aromatic carbocycles. The van der Waals surface area contributed by atoms with Crippen LogP contribution in [0.3, 0.4) is 0 Å². The number of hydrogen-bond acceptors (Lipinski definition) is 1. The molecule has 0 heterocycles. The molecular weight excluding hydrogens is 376 g/mol. The van der Waals surface area contributed by atoms with Crippen LogP contribution in [0.5, 0.6) is 0 Å². The van der Waals surface area contributed by atoms with Gasteiger partial charge in [-0.25, -0.2) is 0 Å². The van der Waals surface area contributed by atoms with Crippen LogP contribution in [0.4, 0.5) is 0 Å². The van der Waals surface area contributed by atoms with Gasteiger partial charge in [-0.15, -0.1) is 0 Å². The predicted octanol–water partition coefficient (Wildman–Crippen LogP) is 7.80. The molecule has 0 unspecified atom stereocenters. The molecule has 0 saturated heterocycles. The molecule has 0 radical (unpaired) electrons. The molecule has 1 nitrogen and oxygen atoms in total. The number of rotatable bonds is 0. The zero-order chi connectivity index (χ0) is 22.6. The third-order valence-corrected chi connectivity index (χ3v) is 12.8. The lowest BCUT2D eigenvalue weighted by atomic mass is 9.34. The lowest BCUT2D eigenvalue weighted by Gasteiger charge is -2.70. The molecule has 0 aromatic heterocycles. The van der Waals surface area contributed by atoms with E-state index < -0.39 is 0 Å². The smallest absolute Gasteiger partial charge is 0.0594 e. The number of allylic oxidation sites excluding steroid dienone is 4. The average Bonchev–Trinajstić information content (AvgIpc) is 2.69. The van der Waals surface area contributed by atoms with Gasteiger partial charge >= 0.3 is 0 Å². The molecule has 5 aliphatic carbocycles. The number of fused-ring (bicyclic) bond motifs is 7. The van der Waals surface area contributed by atoms with Crippen LogP contribution in [0.1, 0.15) is 100 Å². The van der Waals surface area contributed by atoms with Crippen LogP contribution in [0.15, 0.2) is 23.8 Å². The van der Waals surface area contributed by atoms with Crippen LogP contribution < -0.4 is 0 Å². The Morgan fingerprint density at radius 2 is 1.55 bits per heavy atom. The second-order valence-electron chi connectivity index (χ2n) is 14.2. The maximum Gasteiger partial charge on any atom is 0.0594 e. The third kappa shape index (κ3) is 2.59. The van der Waals surface area contributed by atoms with Crippen molar-refractivity contribution < 1.29 is 5.11 Å². The monoisotopic (exact) mass is 424 g/mol. The Labute approximate surface area is 192 Å². The maximum atomic E-state index is 10.9. The lowest BCUT2D eigenvalue weighted by molar-refractivity contribution is -0.190. The molecule has 3 saturated carbocycles. The van der Waals surface area contributed by atoms with Gasteiger partial charge in [0.1, 0.15) is 0 Å². The Morgan fingerprint density at radius 3 is 2.26 bits per heavy atom. The standard InChI is InChI=1S/C30H48O/c1-19-11-14-27(5)17-18-29(7)21(25(27)20(19)2)9-10-23-28(6)15-13-24(31)26(3,4)22(28)12-16-30(23,29)8/h9,17-20,22-25,31H,10-16H2,1-8H3/t19-,20+,22+,23-,24-,25+,27-,28+,29-,30-/m1/s1. The molecule has 1 heteroatoms. The quantitative estimate of drug-likeness (QED) is 0.393. The zero-order valence-corrected chi connectivity index (χ0v) is 21.6. The van der Waals surface area contributed by atoms with E-state index in [1.54, 1.807) is 5.57 Å². The van der Waals surface area contributed by atoms with Crippen molar-refractivity contribution in [2.24, 2.45) is 56.7 Å². The molecule has 1 N–H and O–H groups in total. The summed E-state index contributed by atoms with van der Waals surface area (Å²) in [6.45, 7) is 20.2. The Balaban J connectivity index is 1.61. The van der Waals surface area contributed by atoms with E-state index in [0.717, 1.165) is 18.3 Å². The van der Waals surface area contributed by atoms with Crippen LogP contribution in [0.25, 0.3) is 0 Å². The van der Waals surface area contributed by atoms with E-state index in [4.69, 9.17) is 0 Å². The first-order chi connectivity index (χ1) is 14.3. The van der Waals surface area contributed by atoms with Crippen LogP contribution in [0, 0.1) is 56.7 Å². The molecule has 0 aliphatic heterocycles. The molecule has 0 spiro atoms. The van der Waals surface area contributed by atoms with Crippen molar-refractivity contribution in [1.82, 2.24) is 0 Å². The van der Waals surface area contributed by atoms with E-state index in [2.05, 4.69) is 73.6 Å². The van der Waals surface area contributed by atoms with Gasteiger partial charge in [-0.2, -0.15) is 0 Å². The Bertz CT molecular complexity index is 820. The summed E-state index contributed by atoms with van der Waals surface area (Å²) in [7, 11) is 0. The molecule has 0 aromatic rings. The van der Waals surface area contributed by atoms with E-state index in [9.17, 15) is 5.11 Å². The molecule has 5 aliphatic rings. The zero-order valence-electron chi connectivity index (χ0n) is 21.6. The first-order valence-electron chi connectivity index (χ1n) is 13.4. The van der Waals surface area contributed by atoms with Crippen molar-refractivity contribution in [3.05, 3.63) is 23.8 Å². The number of aliphatic hydroxyl groups excluding tert-OH is 1. The van der Waals surface area contributed by atoms with Gasteiger partial charge in [0.2, 0.25) is 0 Å². The summed E-state index contributed by atoms with van der Waals surface area (Å²) in [6, 6.07) is 0. The maximum absolute atomic E-state index is 10.9. The molecule has 174 valence electrons. The topological polar surface area (TPSA) is 20.2 Å². The highest BCUT2D eigenvalue weighted by atomic mass is 16.3. The summed E-state index contributed by atoms with van der Waals surface area (Å²) in [6.07, 6.45) is 16.7. The highest BCUT2D eigenvalue weighted by Gasteiger charge is 2.67. The van der Waals surface area contributed by atoms with Gasteiger partial charge in [0.15, 0.2) is 0 Å². The van der Waals surface area contributed by atoms with E-state index in [0.29, 0.717) is 34.0 Å². The van der Waals surface area contributed by atoms with E-state index >= 15 is 0 Å². The highest BCUT2D eigenvalue weighted by Crippen LogP contribution is 2.74. The molecular formula is C30H48O. The first-order valence-corrected chi connectivity index (χ1v) is 13.4. The van der Waals surface area contributed by atoms with Gasteiger partial charge in [0.05, 0.1) is 6.10 Å². The summed E-state index contributed by atoms with van der Waals surface area (Å²) in [5.74, 6) is 3.65. The Kier molecular flexibility index (Phi) is 4.68. The fraction of sp³-hybridized carbons (Fsp3) is 0.867. The second kappa shape index (κ2) is 6.52. The van der Waals surface area contributed by atoms with Crippen molar-refractivity contribution >= 4 is 0 Å². The molecule has 3 fully saturated rings. The third-order valence-electron chi connectivity index (χ3n) is 12.8. The number of aliphatic hydroxyl groups is 1. The Morgan fingerprint density at radius 1 is 0.839 bits per heavy atom. The van der Waals surface area contributed by atoms with Gasteiger partial charge in [-0.05, 0) is 96.2 Å². The highest BCUT2D eigenvalue weighted by molar-refractivity contribution is 5.40. The van der Waals surface area contributed by atoms with Gasteiger partial charge in [-0.3, -0.25) is 0 Å². The fourth-order valence-corrected chi connectivity index (χ4v) is 10.3. The summed E-state index contributed by atoms with van der Waals surface area (Å²) in [5.41, 5.74) is 3.01. The second-order valence-corrected chi connectivity index (χ2v) is 14.2. The normalized spacial score (nSPS) is 57.8. The van der Waals surface area contributed by atoms with Crippen molar-refractivity contribution in [3.8, 4) is 0 Å². The Hall–Kier alpha value is -0.560. The molecule has 31 heavy (non-hydrogen) atoms. The van der Waals surface area contributed by atoms with Crippen molar-refractivity contribution in [1.29, 1.82) is 0 Å². The van der Waals surface area contributed by atoms with Gasteiger partial charge in [0, 0.05) is 5.41 Å². The minimum absolute atomic E-state index is 0.0352. The summed E-state index contributed by atoms with van der Waals surface area (Å²) in [4.78, 5) is 0. The molecule has 0 bridgehead atoms. The van der Waals surface area contributed by atoms with E-state index in [-0.39, 0.29) is 16.9 Å². The van der Waals surface area contributed by atoms with Gasteiger partial charge in [0.25, 0.3) is 0 Å². The van der Waals surface area contributed by atoms with Gasteiger partial charge in [-0.1, -0.05) is 79.2 Å². The van der Waals surface area contributed by atoms with Crippen molar-refractivity contribution in [2.75, 3.05) is 0 Å². The minimum Gasteiger partial charge on any atom is -0.393 e. The van der Waals surface area contributed by atoms with Gasteiger partial charge < -0.3 is 5.11 Å². The van der Waals surface area contributed by atoms with Crippen LogP contribution in [-0.2, 0) is 0 Å². The minimum atomic E-state index is -0.139. The SMILES string of the molecule is C[C@H]1[C@H](C)CC[C@]2(C)C=C[C@]3(C)C(=CC[C@@H]4[C@@]5(C)CC[C@@H](O)C(C)(C)[C@@H]5CC[C@]43C)[C@H]12. The van der Waals surface area contributed by atoms with E-state index in [1.165, 1.54) is 38.5 Å². The molecule has 5 rings (SSSR count). The largest absolute Gasteiger partial charge is 0.393 e. The van der Waals surface area contributed by atoms with Crippen LogP contribution in [0.2, 0.25) is 0 Å². The first kappa shape index (κ1) is 22.2. The van der Waals surface area contributed by atoms with Crippen LogP contribution in [-0.4, -0.2) is 11.2 Å². The van der Waals surface area contributed by atoms with Crippen molar-refractivity contribution in [3.63, 3.8) is 0 Å². The lowest BCUT2D eigenvalue weighted by Crippen LogP contribution is -2.63. The predicted molar refractivity (Wildman–Crippen MR) is 131 cm³/mol. The summed E-state index contributed by atoms with van der Waals surface area (Å²) >= 11 is 0. The number of hydrogen-bond donors (Lipinski definition) is 1. The van der Waals surface area contributed by atoms with E-state index in [1.807, 2.05) is 0 Å². The average molecular weight is 425 g/mol. The fourth-order valence-electron chi connectivity index (χ4n) is 10.3. The van der Waals surface area contributed by atoms with Crippen molar-refractivity contribution in [2.45, 2.75) is 106 Å². The summed E-state index contributed by atoms with van der Waals surface area (Å²) < 4.78 is 0. The molecule has 10 atom stereocenters. The van der Waals surface area contributed by atoms with Crippen LogP contribution >= 0.6 is 0 Å².